The van der Waals surface area contributed by atoms with Crippen LogP contribution in [0.25, 0.3) is 0 Å². The van der Waals surface area contributed by atoms with Crippen LogP contribution in [0.3, 0.4) is 0 Å². The van der Waals surface area contributed by atoms with E-state index in [-0.39, 0.29) is 43.3 Å². The van der Waals surface area contributed by atoms with E-state index >= 15 is 0 Å². The van der Waals surface area contributed by atoms with Gasteiger partial charge in [0.2, 0.25) is 11.8 Å². The topological polar surface area (TPSA) is 49.4 Å². The van der Waals surface area contributed by atoms with Gasteiger partial charge in [-0.3, -0.25) is 9.59 Å². The Bertz CT molecular complexity index is 824. The Morgan fingerprint density at radius 3 is 2.58 bits per heavy atom. The van der Waals surface area contributed by atoms with Crippen LogP contribution in [-0.2, 0) is 16.0 Å². The lowest BCUT2D eigenvalue weighted by Gasteiger charge is -2.17. The molecule has 4 nitrogen and oxygen atoms in total. The summed E-state index contributed by atoms with van der Waals surface area (Å²) in [6.07, 6.45) is 0.134. The molecule has 2 aromatic carbocycles. The van der Waals surface area contributed by atoms with Crippen LogP contribution >= 0.6 is 11.6 Å². The van der Waals surface area contributed by atoms with E-state index in [0.717, 1.165) is 0 Å². The summed E-state index contributed by atoms with van der Waals surface area (Å²) < 4.78 is 27.2. The van der Waals surface area contributed by atoms with Crippen molar-refractivity contribution in [3.05, 3.63) is 64.7 Å². The number of hydrogen-bond acceptors (Lipinski definition) is 2. The summed E-state index contributed by atoms with van der Waals surface area (Å²) in [5.41, 5.74) is 0.585. The smallest absolute Gasteiger partial charge is 0.227 e. The summed E-state index contributed by atoms with van der Waals surface area (Å²) in [5.74, 6) is -2.25. The minimum absolute atomic E-state index is 0.0446. The van der Waals surface area contributed by atoms with Crippen molar-refractivity contribution in [3.8, 4) is 0 Å². The molecule has 0 aromatic heterocycles. The Labute approximate surface area is 154 Å². The largest absolute Gasteiger partial charge is 0.355 e. The van der Waals surface area contributed by atoms with E-state index in [1.807, 2.05) is 0 Å². The molecule has 1 atom stereocenters. The van der Waals surface area contributed by atoms with Crippen molar-refractivity contribution in [3.63, 3.8) is 0 Å². The molecule has 0 bridgehead atoms. The maximum Gasteiger partial charge on any atom is 0.227 e. The molecule has 1 heterocycles. The van der Waals surface area contributed by atoms with Gasteiger partial charge in [0, 0.05) is 35.8 Å². The van der Waals surface area contributed by atoms with Gasteiger partial charge in [-0.2, -0.15) is 0 Å². The van der Waals surface area contributed by atoms with Gasteiger partial charge in [0.05, 0.1) is 5.92 Å². The van der Waals surface area contributed by atoms with Crippen molar-refractivity contribution < 1.29 is 18.4 Å². The average Bonchev–Trinajstić information content (AvgIpc) is 2.99. The standard InChI is InChI=1S/C19H17ClF2N2O2/c20-13-3-1-4-14(10-13)24-11-12(9-18(24)25)19(26)23-8-7-15-16(21)5-2-6-17(15)22/h1-6,10,12H,7-9,11H2,(H,23,26). The van der Waals surface area contributed by atoms with Crippen LogP contribution < -0.4 is 10.2 Å². The Kier molecular flexibility index (Phi) is 5.52. The predicted octanol–water partition coefficient (Wildman–Crippen LogP) is 3.33. The molecule has 1 aliphatic heterocycles. The molecule has 2 aromatic rings. The fraction of sp³-hybridized carbons (Fsp3) is 0.263. The molecule has 3 rings (SSSR count). The highest BCUT2D eigenvalue weighted by atomic mass is 35.5. The highest BCUT2D eigenvalue weighted by Crippen LogP contribution is 2.27. The van der Waals surface area contributed by atoms with Crippen LogP contribution in [0.4, 0.5) is 14.5 Å². The first-order valence-electron chi connectivity index (χ1n) is 8.22. The first-order valence-corrected chi connectivity index (χ1v) is 8.60. The molecule has 1 aliphatic rings. The first-order chi connectivity index (χ1) is 12.5. The Morgan fingerprint density at radius 2 is 1.88 bits per heavy atom. The number of nitrogens with zero attached hydrogens (tertiary/aromatic N) is 1. The van der Waals surface area contributed by atoms with Gasteiger partial charge in [-0.1, -0.05) is 23.7 Å². The second-order valence-corrected chi connectivity index (χ2v) is 6.56. The molecule has 1 N–H and O–H groups in total. The van der Waals surface area contributed by atoms with Crippen molar-refractivity contribution in [2.75, 3.05) is 18.0 Å². The van der Waals surface area contributed by atoms with Gasteiger partial charge in [0.1, 0.15) is 11.6 Å². The number of anilines is 1. The molecule has 1 saturated heterocycles. The first kappa shape index (κ1) is 18.3. The molecule has 136 valence electrons. The van der Waals surface area contributed by atoms with Crippen LogP contribution in [0.1, 0.15) is 12.0 Å². The van der Waals surface area contributed by atoms with Gasteiger partial charge in [-0.15, -0.1) is 0 Å². The summed E-state index contributed by atoms with van der Waals surface area (Å²) in [4.78, 5) is 26.0. The Balaban J connectivity index is 1.57. The van der Waals surface area contributed by atoms with Gasteiger partial charge in [-0.25, -0.2) is 8.78 Å². The number of amides is 2. The number of carbonyl (C=O) groups is 2. The summed E-state index contributed by atoms with van der Waals surface area (Å²) in [5, 5.41) is 3.16. The molecule has 2 amide bonds. The van der Waals surface area contributed by atoms with Gasteiger partial charge in [-0.05, 0) is 36.8 Å². The lowest BCUT2D eigenvalue weighted by atomic mass is 10.1. The fourth-order valence-electron chi connectivity index (χ4n) is 3.00. The van der Waals surface area contributed by atoms with E-state index in [1.165, 1.54) is 23.1 Å². The van der Waals surface area contributed by atoms with Gasteiger partial charge in [0.25, 0.3) is 0 Å². The second kappa shape index (κ2) is 7.83. The monoisotopic (exact) mass is 378 g/mol. The minimum Gasteiger partial charge on any atom is -0.355 e. The van der Waals surface area contributed by atoms with Crippen LogP contribution in [-0.4, -0.2) is 24.9 Å². The van der Waals surface area contributed by atoms with E-state index < -0.39 is 17.6 Å². The zero-order valence-corrected chi connectivity index (χ0v) is 14.6. The summed E-state index contributed by atoms with van der Waals surface area (Å²) in [6.45, 7) is 0.345. The number of carbonyl (C=O) groups excluding carboxylic acids is 2. The third-order valence-electron chi connectivity index (χ3n) is 4.35. The van der Waals surface area contributed by atoms with E-state index in [0.29, 0.717) is 10.7 Å². The van der Waals surface area contributed by atoms with Crippen molar-refractivity contribution >= 4 is 29.1 Å². The highest BCUT2D eigenvalue weighted by Gasteiger charge is 2.35. The molecule has 0 aliphatic carbocycles. The second-order valence-electron chi connectivity index (χ2n) is 6.13. The Hall–Kier alpha value is -2.47. The number of benzene rings is 2. The van der Waals surface area contributed by atoms with Crippen LogP contribution in [0.15, 0.2) is 42.5 Å². The minimum atomic E-state index is -0.637. The molecule has 0 saturated carbocycles. The predicted molar refractivity (Wildman–Crippen MR) is 95.0 cm³/mol. The zero-order chi connectivity index (χ0) is 18.7. The summed E-state index contributed by atoms with van der Waals surface area (Å²) >= 11 is 5.94. The molecular formula is C19H17ClF2N2O2. The van der Waals surface area contributed by atoms with Crippen molar-refractivity contribution in [2.45, 2.75) is 12.8 Å². The zero-order valence-electron chi connectivity index (χ0n) is 13.8. The molecule has 26 heavy (non-hydrogen) atoms. The highest BCUT2D eigenvalue weighted by molar-refractivity contribution is 6.30. The van der Waals surface area contributed by atoms with Gasteiger partial charge < -0.3 is 10.2 Å². The SMILES string of the molecule is O=C(NCCc1c(F)cccc1F)C1CC(=O)N(c2cccc(Cl)c2)C1. The maximum atomic E-state index is 13.6. The lowest BCUT2D eigenvalue weighted by molar-refractivity contribution is -0.126. The number of halogens is 3. The Morgan fingerprint density at radius 1 is 1.19 bits per heavy atom. The van der Waals surface area contributed by atoms with E-state index in [1.54, 1.807) is 24.3 Å². The van der Waals surface area contributed by atoms with Gasteiger partial charge >= 0.3 is 0 Å². The number of nitrogens with one attached hydrogen (secondary N) is 1. The maximum absolute atomic E-state index is 13.6. The van der Waals surface area contributed by atoms with Crippen molar-refractivity contribution in [2.24, 2.45) is 5.92 Å². The molecule has 0 radical (unpaired) electrons. The third-order valence-corrected chi connectivity index (χ3v) is 4.59. The number of hydrogen-bond donors (Lipinski definition) is 1. The molecule has 0 spiro atoms. The van der Waals surface area contributed by atoms with Crippen molar-refractivity contribution in [1.29, 1.82) is 0 Å². The normalized spacial score (nSPS) is 16.8. The fourth-order valence-corrected chi connectivity index (χ4v) is 3.19. The summed E-state index contributed by atoms with van der Waals surface area (Å²) in [6, 6.07) is 10.5. The molecule has 7 heteroatoms. The lowest BCUT2D eigenvalue weighted by Crippen LogP contribution is -2.34. The molecule has 1 unspecified atom stereocenters. The average molecular weight is 379 g/mol. The van der Waals surface area contributed by atoms with Crippen LogP contribution in [0.5, 0.6) is 0 Å². The van der Waals surface area contributed by atoms with E-state index in [4.69, 9.17) is 11.6 Å². The van der Waals surface area contributed by atoms with Crippen LogP contribution in [0.2, 0.25) is 5.02 Å². The van der Waals surface area contributed by atoms with E-state index in [9.17, 15) is 18.4 Å². The third kappa shape index (κ3) is 4.02. The van der Waals surface area contributed by atoms with Gasteiger partial charge in [0.15, 0.2) is 0 Å². The van der Waals surface area contributed by atoms with Crippen LogP contribution in [0, 0.1) is 17.6 Å². The summed E-state index contributed by atoms with van der Waals surface area (Å²) in [7, 11) is 0. The van der Waals surface area contributed by atoms with Crippen molar-refractivity contribution in [1.82, 2.24) is 5.32 Å². The van der Waals surface area contributed by atoms with E-state index in [2.05, 4.69) is 5.32 Å². The molecule has 1 fully saturated rings. The quantitative estimate of drug-likeness (QED) is 0.867. The number of rotatable bonds is 5. The molecular weight excluding hydrogens is 362 g/mol.